The van der Waals surface area contributed by atoms with Gasteiger partial charge in [-0.15, -0.1) is 0 Å². The highest BCUT2D eigenvalue weighted by Gasteiger charge is 2.55. The number of nitrogens with zero attached hydrogens (tertiary/aromatic N) is 3. The van der Waals surface area contributed by atoms with Crippen molar-refractivity contribution in [1.82, 2.24) is 9.62 Å². The average molecular weight is 445 g/mol. The smallest absolute Gasteiger partial charge is 0.408 e. The highest BCUT2D eigenvalue weighted by atomic mass is 35.5. The number of rotatable bonds is 4. The summed E-state index contributed by atoms with van der Waals surface area (Å²) in [5.41, 5.74) is -0.615. The van der Waals surface area contributed by atoms with E-state index in [4.69, 9.17) is 26.3 Å². The Balaban J connectivity index is 1.57. The molecule has 30 heavy (non-hydrogen) atoms. The van der Waals surface area contributed by atoms with Crippen LogP contribution in [0.2, 0.25) is 5.02 Å². The second-order valence-electron chi connectivity index (χ2n) is 6.83. The van der Waals surface area contributed by atoms with E-state index in [0.29, 0.717) is 28.6 Å². The van der Waals surface area contributed by atoms with Gasteiger partial charge in [-0.25, -0.2) is 13.5 Å². The minimum atomic E-state index is -0.965. The highest BCUT2D eigenvalue weighted by molar-refractivity contribution is 7.97. The molecule has 2 heterocycles. The SMILES string of the molecule is N#Cc1ccc(O[C@H]2CN(Sc3ccc(Cl)cc3C#N)CC23CNC(=O)O3)cc1F. The van der Waals surface area contributed by atoms with Gasteiger partial charge in [0, 0.05) is 16.0 Å². The number of alkyl carbamates (subject to hydrolysis) is 1. The molecule has 2 atom stereocenters. The fraction of sp³-hybridized carbons (Fsp3) is 0.250. The summed E-state index contributed by atoms with van der Waals surface area (Å²) in [4.78, 5) is 12.5. The van der Waals surface area contributed by atoms with Crippen molar-refractivity contribution in [3.05, 3.63) is 58.4 Å². The number of ether oxygens (including phenoxy) is 2. The molecule has 2 aliphatic heterocycles. The van der Waals surface area contributed by atoms with Crippen molar-refractivity contribution in [2.75, 3.05) is 19.6 Å². The molecule has 0 radical (unpaired) electrons. The van der Waals surface area contributed by atoms with Crippen LogP contribution in [0.25, 0.3) is 0 Å². The van der Waals surface area contributed by atoms with Gasteiger partial charge in [0.2, 0.25) is 0 Å². The summed E-state index contributed by atoms with van der Waals surface area (Å²) in [5, 5.41) is 21.4. The first-order valence-corrected chi connectivity index (χ1v) is 10.0. The monoisotopic (exact) mass is 444 g/mol. The molecule has 4 rings (SSSR count). The molecule has 10 heteroatoms. The predicted molar refractivity (Wildman–Crippen MR) is 106 cm³/mol. The van der Waals surface area contributed by atoms with Crippen molar-refractivity contribution >= 4 is 29.6 Å². The maximum atomic E-state index is 14.0. The Bertz CT molecular complexity index is 1100. The average Bonchev–Trinajstić information content (AvgIpc) is 3.25. The van der Waals surface area contributed by atoms with E-state index in [2.05, 4.69) is 11.4 Å². The molecule has 2 aromatic rings. The molecule has 7 nitrogen and oxygen atoms in total. The summed E-state index contributed by atoms with van der Waals surface area (Å²) in [7, 11) is 0. The minimum absolute atomic E-state index is 0.0820. The molecule has 1 amide bonds. The van der Waals surface area contributed by atoms with E-state index in [9.17, 15) is 14.4 Å². The topological polar surface area (TPSA) is 98.4 Å². The van der Waals surface area contributed by atoms with Crippen LogP contribution < -0.4 is 10.1 Å². The van der Waals surface area contributed by atoms with Crippen LogP contribution in [0.1, 0.15) is 11.1 Å². The number of halogens is 2. The molecule has 1 unspecified atom stereocenters. The molecule has 152 valence electrons. The molecule has 1 N–H and O–H groups in total. The quantitative estimate of drug-likeness (QED) is 0.721. The van der Waals surface area contributed by atoms with Gasteiger partial charge in [-0.1, -0.05) is 11.6 Å². The normalized spacial score (nSPS) is 22.9. The Labute approximate surface area is 181 Å². The van der Waals surface area contributed by atoms with Gasteiger partial charge >= 0.3 is 6.09 Å². The number of hydrogen-bond acceptors (Lipinski definition) is 7. The van der Waals surface area contributed by atoms with E-state index >= 15 is 0 Å². The van der Waals surface area contributed by atoms with Gasteiger partial charge in [0.25, 0.3) is 0 Å². The molecule has 0 saturated carbocycles. The molecule has 2 aliphatic rings. The van der Waals surface area contributed by atoms with Crippen molar-refractivity contribution < 1.29 is 18.7 Å². The summed E-state index contributed by atoms with van der Waals surface area (Å²) in [6.07, 6.45) is -1.14. The zero-order valence-corrected chi connectivity index (χ0v) is 17.0. The van der Waals surface area contributed by atoms with Crippen molar-refractivity contribution in [1.29, 1.82) is 10.5 Å². The molecule has 0 bridgehead atoms. The third kappa shape index (κ3) is 3.88. The molecule has 2 aromatic carbocycles. The van der Waals surface area contributed by atoms with E-state index in [1.54, 1.807) is 24.3 Å². The second kappa shape index (κ2) is 8.04. The molecular weight excluding hydrogens is 431 g/mol. The van der Waals surface area contributed by atoms with Crippen LogP contribution in [-0.2, 0) is 4.74 Å². The molecule has 1 spiro atoms. The fourth-order valence-corrected chi connectivity index (χ4v) is 4.68. The van der Waals surface area contributed by atoms with Crippen LogP contribution in [0.3, 0.4) is 0 Å². The maximum Gasteiger partial charge on any atom is 0.408 e. The Morgan fingerprint density at radius 3 is 2.73 bits per heavy atom. The third-order valence-corrected chi connectivity index (χ3v) is 6.18. The lowest BCUT2D eigenvalue weighted by molar-refractivity contribution is -0.00561. The number of amides is 1. The first-order chi connectivity index (χ1) is 14.4. The summed E-state index contributed by atoms with van der Waals surface area (Å²) in [6, 6.07) is 12.9. The van der Waals surface area contributed by atoms with Gasteiger partial charge in [-0.05, 0) is 42.3 Å². The number of benzene rings is 2. The van der Waals surface area contributed by atoms with E-state index in [-0.39, 0.29) is 17.9 Å². The number of hydrogen-bond donors (Lipinski definition) is 1. The van der Waals surface area contributed by atoms with Crippen LogP contribution in [0.5, 0.6) is 5.75 Å². The number of carbonyl (C=O) groups is 1. The summed E-state index contributed by atoms with van der Waals surface area (Å²) < 4.78 is 27.4. The summed E-state index contributed by atoms with van der Waals surface area (Å²) >= 11 is 7.30. The standard InChI is InChI=1S/C20H14ClFN4O3S/c21-14-2-4-17(13(5-14)8-24)30-26-9-18(20(11-26)10-25-19(27)29-20)28-15-3-1-12(7-23)16(22)6-15/h1-6,18H,9-11H2,(H,25,27)/t18-,20?/m0/s1. The van der Waals surface area contributed by atoms with Crippen LogP contribution >= 0.6 is 23.5 Å². The molecule has 0 aromatic heterocycles. The van der Waals surface area contributed by atoms with E-state index in [1.807, 2.05) is 4.31 Å². The van der Waals surface area contributed by atoms with Crippen LogP contribution in [-0.4, -0.2) is 41.7 Å². The Morgan fingerprint density at radius 1 is 1.27 bits per heavy atom. The number of carbonyl (C=O) groups excluding carboxylic acids is 1. The van der Waals surface area contributed by atoms with Crippen molar-refractivity contribution in [2.45, 2.75) is 16.6 Å². The van der Waals surface area contributed by atoms with Crippen molar-refractivity contribution in [3.63, 3.8) is 0 Å². The molecule has 0 aliphatic carbocycles. The van der Waals surface area contributed by atoms with Gasteiger partial charge in [0.05, 0.1) is 30.8 Å². The Hall–Kier alpha value is -2.98. The van der Waals surface area contributed by atoms with Gasteiger partial charge in [-0.3, -0.25) is 0 Å². The maximum absolute atomic E-state index is 14.0. The van der Waals surface area contributed by atoms with Crippen LogP contribution in [0, 0.1) is 28.5 Å². The number of nitrogens with one attached hydrogen (secondary N) is 1. The van der Waals surface area contributed by atoms with E-state index < -0.39 is 23.6 Å². The largest absolute Gasteiger partial charge is 0.485 e. The van der Waals surface area contributed by atoms with E-state index in [0.717, 1.165) is 6.07 Å². The molecular formula is C20H14ClFN4O3S. The van der Waals surface area contributed by atoms with Crippen molar-refractivity contribution in [2.24, 2.45) is 0 Å². The lowest BCUT2D eigenvalue weighted by Gasteiger charge is -2.27. The minimum Gasteiger partial charge on any atom is -0.485 e. The predicted octanol–water partition coefficient (Wildman–Crippen LogP) is 3.47. The van der Waals surface area contributed by atoms with Gasteiger partial charge in [-0.2, -0.15) is 10.5 Å². The first kappa shape index (κ1) is 20.3. The summed E-state index contributed by atoms with van der Waals surface area (Å²) in [5.74, 6) is -0.454. The molecule has 2 fully saturated rings. The number of nitriles is 2. The van der Waals surface area contributed by atoms with Crippen LogP contribution in [0.4, 0.5) is 9.18 Å². The van der Waals surface area contributed by atoms with Crippen LogP contribution in [0.15, 0.2) is 41.3 Å². The van der Waals surface area contributed by atoms with Gasteiger partial charge < -0.3 is 14.8 Å². The first-order valence-electron chi connectivity index (χ1n) is 8.88. The van der Waals surface area contributed by atoms with Crippen molar-refractivity contribution in [3.8, 4) is 17.9 Å². The lowest BCUT2D eigenvalue weighted by Crippen LogP contribution is -2.48. The lowest BCUT2D eigenvalue weighted by atomic mass is 10.0. The van der Waals surface area contributed by atoms with E-state index in [1.165, 1.54) is 24.1 Å². The third-order valence-electron chi connectivity index (χ3n) is 4.86. The zero-order chi connectivity index (χ0) is 21.3. The van der Waals surface area contributed by atoms with Gasteiger partial charge in [0.1, 0.15) is 23.7 Å². The van der Waals surface area contributed by atoms with Gasteiger partial charge in [0.15, 0.2) is 11.7 Å². The summed E-state index contributed by atoms with van der Waals surface area (Å²) in [6.45, 7) is 0.931. The Kier molecular flexibility index (Phi) is 5.44. The molecule has 2 saturated heterocycles. The Morgan fingerprint density at radius 2 is 2.07 bits per heavy atom. The second-order valence-corrected chi connectivity index (χ2v) is 8.41. The fourth-order valence-electron chi connectivity index (χ4n) is 3.41. The zero-order valence-electron chi connectivity index (χ0n) is 15.4. The highest BCUT2D eigenvalue weighted by Crippen LogP contribution is 2.38.